The second kappa shape index (κ2) is 7.20. The molecule has 0 amide bonds. The Labute approximate surface area is 126 Å². The first-order valence-electron chi connectivity index (χ1n) is 6.23. The van der Waals surface area contributed by atoms with Crippen LogP contribution in [0.25, 0.3) is 0 Å². The van der Waals surface area contributed by atoms with Crippen LogP contribution in [0.5, 0.6) is 0 Å². The second-order valence-corrected chi connectivity index (χ2v) is 6.21. The largest absolute Gasteiger partial charge is 0.375 e. The van der Waals surface area contributed by atoms with Crippen LogP contribution in [0.1, 0.15) is 16.5 Å². The van der Waals surface area contributed by atoms with Gasteiger partial charge in [0.1, 0.15) is 0 Å². The van der Waals surface area contributed by atoms with Crippen molar-refractivity contribution in [2.75, 3.05) is 14.2 Å². The van der Waals surface area contributed by atoms with Gasteiger partial charge < -0.3 is 10.1 Å². The third-order valence-electron chi connectivity index (χ3n) is 3.21. The molecular formula is C15H18BrNOS. The third kappa shape index (κ3) is 3.66. The molecule has 0 saturated carbocycles. The van der Waals surface area contributed by atoms with E-state index in [1.165, 1.54) is 14.9 Å². The number of ether oxygens (including phenoxy) is 1. The van der Waals surface area contributed by atoms with E-state index in [-0.39, 0.29) is 12.1 Å². The monoisotopic (exact) mass is 339 g/mol. The predicted molar refractivity (Wildman–Crippen MR) is 84.8 cm³/mol. The number of thiophene rings is 1. The summed E-state index contributed by atoms with van der Waals surface area (Å²) in [7, 11) is 3.76. The Hall–Kier alpha value is -0.680. The smallest absolute Gasteiger partial charge is 0.0977 e. The van der Waals surface area contributed by atoms with Crippen LogP contribution in [-0.4, -0.2) is 20.2 Å². The number of likely N-dealkylation sites (N-methyl/N-ethyl adjacent to an activating group) is 1. The zero-order valence-electron chi connectivity index (χ0n) is 11.1. The van der Waals surface area contributed by atoms with Gasteiger partial charge in [0.15, 0.2) is 0 Å². The molecule has 0 saturated heterocycles. The quantitative estimate of drug-likeness (QED) is 0.857. The molecule has 0 fully saturated rings. The molecule has 102 valence electrons. The van der Waals surface area contributed by atoms with E-state index in [2.05, 4.69) is 57.0 Å². The molecule has 1 aromatic carbocycles. The van der Waals surface area contributed by atoms with E-state index in [1.807, 2.05) is 13.1 Å². The minimum Gasteiger partial charge on any atom is -0.375 e. The van der Waals surface area contributed by atoms with Crippen LogP contribution in [0, 0.1) is 0 Å². The van der Waals surface area contributed by atoms with E-state index in [4.69, 9.17) is 4.74 Å². The molecule has 1 heterocycles. The molecule has 0 aliphatic carbocycles. The average Bonchev–Trinajstić information content (AvgIpc) is 2.85. The zero-order chi connectivity index (χ0) is 13.7. The predicted octanol–water partition coefficient (Wildman–Crippen LogP) is 4.03. The Morgan fingerprint density at radius 1 is 1.26 bits per heavy atom. The van der Waals surface area contributed by atoms with Gasteiger partial charge in [-0.3, -0.25) is 0 Å². The molecule has 2 atom stereocenters. The minimum atomic E-state index is 0.0557. The molecule has 1 N–H and O–H groups in total. The number of nitrogens with one attached hydrogen (secondary N) is 1. The number of rotatable bonds is 6. The first kappa shape index (κ1) is 14.7. The molecule has 1 aromatic heterocycles. The molecule has 0 aliphatic rings. The first-order valence-corrected chi connectivity index (χ1v) is 7.90. The van der Waals surface area contributed by atoms with E-state index < -0.39 is 0 Å². The molecule has 2 unspecified atom stereocenters. The van der Waals surface area contributed by atoms with E-state index in [1.54, 1.807) is 18.4 Å². The minimum absolute atomic E-state index is 0.0557. The van der Waals surface area contributed by atoms with E-state index in [0.29, 0.717) is 0 Å². The summed E-state index contributed by atoms with van der Waals surface area (Å²) in [6.45, 7) is 0. The van der Waals surface area contributed by atoms with Gasteiger partial charge in [-0.15, -0.1) is 11.3 Å². The second-order valence-electron chi connectivity index (χ2n) is 4.36. The molecule has 2 nitrogen and oxygen atoms in total. The molecule has 0 bridgehead atoms. The maximum absolute atomic E-state index is 5.70. The fourth-order valence-electron chi connectivity index (χ4n) is 2.21. The van der Waals surface area contributed by atoms with Crippen molar-refractivity contribution in [1.82, 2.24) is 5.32 Å². The molecule has 0 radical (unpaired) electrons. The molecular weight excluding hydrogens is 322 g/mol. The highest BCUT2D eigenvalue weighted by Gasteiger charge is 2.22. The van der Waals surface area contributed by atoms with Crippen molar-refractivity contribution in [2.24, 2.45) is 0 Å². The van der Waals surface area contributed by atoms with E-state index in [0.717, 1.165) is 6.42 Å². The van der Waals surface area contributed by atoms with Crippen molar-refractivity contribution in [3.63, 3.8) is 0 Å². The van der Waals surface area contributed by atoms with E-state index >= 15 is 0 Å². The standard InChI is InChI=1S/C15H18BrNOS/c1-17-13(10-14-12(16)8-9-19-14)15(18-2)11-6-4-3-5-7-11/h3-9,13,15,17H,10H2,1-2H3. The van der Waals surface area contributed by atoms with Gasteiger partial charge in [-0.1, -0.05) is 30.3 Å². The summed E-state index contributed by atoms with van der Waals surface area (Å²) in [4.78, 5) is 1.34. The van der Waals surface area contributed by atoms with Gasteiger partial charge in [-0.05, 0) is 40.0 Å². The number of methoxy groups -OCH3 is 1. The fourth-order valence-corrected chi connectivity index (χ4v) is 3.78. The lowest BCUT2D eigenvalue weighted by Gasteiger charge is -2.26. The number of hydrogen-bond acceptors (Lipinski definition) is 3. The highest BCUT2D eigenvalue weighted by atomic mass is 79.9. The van der Waals surface area contributed by atoms with Gasteiger partial charge in [-0.25, -0.2) is 0 Å². The summed E-state index contributed by atoms with van der Waals surface area (Å²) < 4.78 is 6.89. The Morgan fingerprint density at radius 3 is 2.53 bits per heavy atom. The van der Waals surface area contributed by atoms with Gasteiger partial charge in [0.05, 0.1) is 6.10 Å². The molecule has 2 rings (SSSR count). The SMILES string of the molecule is CNC(Cc1sccc1Br)C(OC)c1ccccc1. The molecule has 2 aromatic rings. The lowest BCUT2D eigenvalue weighted by Crippen LogP contribution is -2.35. The summed E-state index contributed by atoms with van der Waals surface area (Å²) in [6.07, 6.45) is 1.00. The Morgan fingerprint density at radius 2 is 2.00 bits per heavy atom. The summed E-state index contributed by atoms with van der Waals surface area (Å²) in [5.41, 5.74) is 1.21. The molecule has 0 spiro atoms. The van der Waals surface area contributed by atoms with E-state index in [9.17, 15) is 0 Å². The summed E-state index contributed by atoms with van der Waals surface area (Å²) in [6, 6.07) is 12.7. The van der Waals surface area contributed by atoms with Gasteiger partial charge >= 0.3 is 0 Å². The molecule has 19 heavy (non-hydrogen) atoms. The zero-order valence-corrected chi connectivity index (χ0v) is 13.5. The highest BCUT2D eigenvalue weighted by molar-refractivity contribution is 9.10. The lowest BCUT2D eigenvalue weighted by atomic mass is 9.99. The van der Waals surface area contributed by atoms with Crippen LogP contribution in [0.4, 0.5) is 0 Å². The van der Waals surface area contributed by atoms with Crippen molar-refractivity contribution in [1.29, 1.82) is 0 Å². The van der Waals surface area contributed by atoms with Gasteiger partial charge in [0.2, 0.25) is 0 Å². The molecule has 4 heteroatoms. The van der Waals surface area contributed by atoms with Crippen LogP contribution in [0.15, 0.2) is 46.3 Å². The molecule has 0 aliphatic heterocycles. The summed E-state index contributed by atoms with van der Waals surface area (Å²) in [5.74, 6) is 0. The van der Waals surface area contributed by atoms with Crippen LogP contribution >= 0.6 is 27.3 Å². The Bertz CT molecular complexity index is 500. The Kier molecular flexibility index (Phi) is 5.58. The first-order chi connectivity index (χ1) is 9.26. The number of benzene rings is 1. The van der Waals surface area contributed by atoms with Crippen molar-refractivity contribution in [3.05, 3.63) is 56.7 Å². The summed E-state index contributed by atoms with van der Waals surface area (Å²) >= 11 is 5.37. The highest BCUT2D eigenvalue weighted by Crippen LogP contribution is 2.28. The van der Waals surface area contributed by atoms with Gasteiger partial charge in [-0.2, -0.15) is 0 Å². The summed E-state index contributed by atoms with van der Waals surface area (Å²) in [5, 5.41) is 5.49. The van der Waals surface area contributed by atoms with Crippen molar-refractivity contribution in [3.8, 4) is 0 Å². The van der Waals surface area contributed by atoms with Crippen molar-refractivity contribution in [2.45, 2.75) is 18.6 Å². The van der Waals surface area contributed by atoms with Crippen LogP contribution < -0.4 is 5.32 Å². The number of hydrogen-bond donors (Lipinski definition) is 1. The lowest BCUT2D eigenvalue weighted by molar-refractivity contribution is 0.0706. The topological polar surface area (TPSA) is 21.3 Å². The Balaban J connectivity index is 2.17. The number of halogens is 1. The van der Waals surface area contributed by atoms with Crippen molar-refractivity contribution >= 4 is 27.3 Å². The van der Waals surface area contributed by atoms with Gasteiger partial charge in [0, 0.05) is 28.9 Å². The average molecular weight is 340 g/mol. The van der Waals surface area contributed by atoms with Crippen LogP contribution in [0.3, 0.4) is 0 Å². The van der Waals surface area contributed by atoms with Crippen LogP contribution in [-0.2, 0) is 11.2 Å². The van der Waals surface area contributed by atoms with Crippen molar-refractivity contribution < 1.29 is 4.74 Å². The maximum Gasteiger partial charge on any atom is 0.0977 e. The normalized spacial score (nSPS) is 14.3. The van der Waals surface area contributed by atoms with Crippen LogP contribution in [0.2, 0.25) is 0 Å². The third-order valence-corrected chi connectivity index (χ3v) is 5.16. The maximum atomic E-state index is 5.70. The fraction of sp³-hybridized carbons (Fsp3) is 0.333. The van der Waals surface area contributed by atoms with Gasteiger partial charge in [0.25, 0.3) is 0 Å².